The maximum atomic E-state index is 12.4. The van der Waals surface area contributed by atoms with Gasteiger partial charge in [0.25, 0.3) is 0 Å². The van der Waals surface area contributed by atoms with E-state index in [0.717, 1.165) is 5.56 Å². The minimum Gasteiger partial charge on any atom is -0.444 e. The second-order valence-corrected chi connectivity index (χ2v) is 16.2. The van der Waals surface area contributed by atoms with Crippen LogP contribution >= 0.6 is 23.2 Å². The zero-order chi connectivity index (χ0) is 24.9. The lowest BCUT2D eigenvalue weighted by molar-refractivity contribution is 0.0322. The Labute approximate surface area is 204 Å². The van der Waals surface area contributed by atoms with Crippen molar-refractivity contribution >= 4 is 43.3 Å². The van der Waals surface area contributed by atoms with Gasteiger partial charge in [-0.3, -0.25) is 0 Å². The van der Waals surface area contributed by atoms with Crippen LogP contribution in [0.25, 0.3) is 0 Å². The van der Waals surface area contributed by atoms with Crippen molar-refractivity contribution in [1.82, 2.24) is 4.90 Å². The number of benzene rings is 1. The van der Waals surface area contributed by atoms with Crippen molar-refractivity contribution in [1.29, 1.82) is 0 Å². The van der Waals surface area contributed by atoms with Gasteiger partial charge in [0.1, 0.15) is 5.60 Å². The molecule has 0 aliphatic heterocycles. The standard InChI is InChI=1S/C23H38Cl2N2O4Si/c1-22(2,3)31-21(28)27(7)15-20(26-29)17(16-10-11-18(24)19(25)14-16)12-13-30-32(8,9)23(4,5)6/h10-11,14,17,29H,12-13,15H2,1-9H3/b26-20+/t17-/m1/s1. The predicted octanol–water partition coefficient (Wildman–Crippen LogP) is 7.19. The molecule has 0 saturated carbocycles. The van der Waals surface area contributed by atoms with E-state index in [1.807, 2.05) is 6.07 Å². The highest BCUT2D eigenvalue weighted by Crippen LogP contribution is 2.37. The van der Waals surface area contributed by atoms with Crippen molar-refractivity contribution in [2.75, 3.05) is 20.2 Å². The summed E-state index contributed by atoms with van der Waals surface area (Å²) in [7, 11) is -0.340. The van der Waals surface area contributed by atoms with Crippen LogP contribution in [0.5, 0.6) is 0 Å². The summed E-state index contributed by atoms with van der Waals surface area (Å²) in [6.45, 7) is 16.9. The maximum Gasteiger partial charge on any atom is 0.410 e. The van der Waals surface area contributed by atoms with Crippen molar-refractivity contribution in [3.63, 3.8) is 0 Å². The van der Waals surface area contributed by atoms with Crippen LogP contribution in [0.4, 0.5) is 4.79 Å². The third-order valence-corrected chi connectivity index (χ3v) is 10.9. The van der Waals surface area contributed by atoms with Crippen molar-refractivity contribution in [2.45, 2.75) is 77.6 Å². The summed E-state index contributed by atoms with van der Waals surface area (Å²) in [5.74, 6) is -0.315. The SMILES string of the molecule is CN(C/C(=N\O)[C@H](CCO[Si](C)(C)C(C)(C)C)c1ccc(Cl)c(Cl)c1)C(=O)OC(C)(C)C. The number of ether oxygens (including phenoxy) is 1. The van der Waals surface area contributed by atoms with Gasteiger partial charge in [-0.05, 0) is 63.0 Å². The zero-order valence-corrected chi connectivity index (χ0v) is 23.3. The average Bonchev–Trinajstić information content (AvgIpc) is 2.63. The van der Waals surface area contributed by atoms with E-state index in [4.69, 9.17) is 32.4 Å². The molecule has 1 rings (SSSR count). The Bertz CT molecular complexity index is 817. The van der Waals surface area contributed by atoms with Gasteiger partial charge in [-0.2, -0.15) is 0 Å². The van der Waals surface area contributed by atoms with E-state index in [9.17, 15) is 10.0 Å². The highest BCUT2D eigenvalue weighted by atomic mass is 35.5. The minimum atomic E-state index is -1.95. The number of rotatable bonds is 8. The summed E-state index contributed by atoms with van der Waals surface area (Å²) in [5, 5.41) is 14.3. The molecule has 0 fully saturated rings. The van der Waals surface area contributed by atoms with Crippen molar-refractivity contribution in [3.05, 3.63) is 33.8 Å². The molecule has 0 radical (unpaired) electrons. The van der Waals surface area contributed by atoms with Crippen LogP contribution in [0.3, 0.4) is 0 Å². The smallest absolute Gasteiger partial charge is 0.410 e. The summed E-state index contributed by atoms with van der Waals surface area (Å²) in [4.78, 5) is 13.8. The van der Waals surface area contributed by atoms with E-state index < -0.39 is 20.0 Å². The third kappa shape index (κ3) is 8.58. The van der Waals surface area contributed by atoms with Crippen LogP contribution in [-0.2, 0) is 9.16 Å². The van der Waals surface area contributed by atoms with E-state index in [-0.39, 0.29) is 17.5 Å². The molecule has 0 heterocycles. The van der Waals surface area contributed by atoms with Crippen LogP contribution in [0.1, 0.15) is 59.4 Å². The number of amides is 1. The molecule has 1 N–H and O–H groups in total. The van der Waals surface area contributed by atoms with Gasteiger partial charge in [-0.15, -0.1) is 0 Å². The molecular formula is C23H38Cl2N2O4Si. The second-order valence-electron chi connectivity index (χ2n) is 10.6. The molecule has 0 saturated heterocycles. The van der Waals surface area contributed by atoms with Gasteiger partial charge in [0.05, 0.1) is 22.3 Å². The van der Waals surface area contributed by atoms with Crippen LogP contribution in [-0.4, -0.2) is 56.0 Å². The quantitative estimate of drug-likeness (QED) is 0.176. The molecule has 9 heteroatoms. The summed E-state index contributed by atoms with van der Waals surface area (Å²) < 4.78 is 11.8. The number of carbonyl (C=O) groups is 1. The highest BCUT2D eigenvalue weighted by molar-refractivity contribution is 6.74. The first kappa shape index (κ1) is 28.7. The summed E-state index contributed by atoms with van der Waals surface area (Å²) in [5.41, 5.74) is 0.626. The molecule has 32 heavy (non-hydrogen) atoms. The van der Waals surface area contributed by atoms with Crippen molar-refractivity contribution in [2.24, 2.45) is 5.16 Å². The van der Waals surface area contributed by atoms with E-state index >= 15 is 0 Å². The number of oxime groups is 1. The molecular weight excluding hydrogens is 467 g/mol. The fraction of sp³-hybridized carbons (Fsp3) is 0.652. The van der Waals surface area contributed by atoms with Crippen LogP contribution in [0, 0.1) is 0 Å². The summed E-state index contributed by atoms with van der Waals surface area (Å²) in [6.07, 6.45) is 0.0653. The molecule has 0 bridgehead atoms. The van der Waals surface area contributed by atoms with E-state index in [0.29, 0.717) is 28.8 Å². The van der Waals surface area contributed by atoms with Gasteiger partial charge < -0.3 is 19.3 Å². The maximum absolute atomic E-state index is 12.4. The first-order valence-electron chi connectivity index (χ1n) is 10.7. The molecule has 1 atom stereocenters. The van der Waals surface area contributed by atoms with Gasteiger partial charge in [-0.25, -0.2) is 4.79 Å². The monoisotopic (exact) mass is 504 g/mol. The lowest BCUT2D eigenvalue weighted by Crippen LogP contribution is -2.41. The van der Waals surface area contributed by atoms with Gasteiger partial charge in [0.15, 0.2) is 8.32 Å². The van der Waals surface area contributed by atoms with Crippen LogP contribution < -0.4 is 0 Å². The fourth-order valence-electron chi connectivity index (χ4n) is 2.76. The van der Waals surface area contributed by atoms with Gasteiger partial charge >= 0.3 is 6.09 Å². The van der Waals surface area contributed by atoms with Crippen molar-refractivity contribution < 1.29 is 19.2 Å². The topological polar surface area (TPSA) is 71.4 Å². The Morgan fingerprint density at radius 2 is 1.75 bits per heavy atom. The Morgan fingerprint density at radius 3 is 2.22 bits per heavy atom. The Morgan fingerprint density at radius 1 is 1.16 bits per heavy atom. The second kappa shape index (κ2) is 11.2. The van der Waals surface area contributed by atoms with E-state index in [1.165, 1.54) is 4.90 Å². The van der Waals surface area contributed by atoms with E-state index in [1.54, 1.807) is 40.0 Å². The normalized spacial score (nSPS) is 14.3. The van der Waals surface area contributed by atoms with Crippen molar-refractivity contribution in [3.8, 4) is 0 Å². The lowest BCUT2D eigenvalue weighted by atomic mass is 9.91. The highest BCUT2D eigenvalue weighted by Gasteiger charge is 2.37. The number of carbonyl (C=O) groups excluding carboxylic acids is 1. The van der Waals surface area contributed by atoms with Gasteiger partial charge in [0.2, 0.25) is 0 Å². The molecule has 1 amide bonds. The summed E-state index contributed by atoms with van der Waals surface area (Å²) in [6, 6.07) is 5.33. The van der Waals surface area contributed by atoms with Gasteiger partial charge in [0, 0.05) is 19.6 Å². The van der Waals surface area contributed by atoms with Gasteiger partial charge in [-0.1, -0.05) is 55.2 Å². The molecule has 6 nitrogen and oxygen atoms in total. The van der Waals surface area contributed by atoms with E-state index in [2.05, 4.69) is 39.0 Å². The lowest BCUT2D eigenvalue weighted by Gasteiger charge is -2.36. The number of hydrogen-bond donors (Lipinski definition) is 1. The molecule has 0 aliphatic carbocycles. The largest absolute Gasteiger partial charge is 0.444 e. The third-order valence-electron chi connectivity index (χ3n) is 5.66. The average molecular weight is 506 g/mol. The molecule has 0 aromatic heterocycles. The summed E-state index contributed by atoms with van der Waals surface area (Å²) >= 11 is 12.4. The van der Waals surface area contributed by atoms with Crippen LogP contribution in [0.15, 0.2) is 23.4 Å². The number of halogens is 2. The predicted molar refractivity (Wildman–Crippen MR) is 135 cm³/mol. The first-order valence-corrected chi connectivity index (χ1v) is 14.4. The fourth-order valence-corrected chi connectivity index (χ4v) is 4.13. The molecule has 1 aromatic carbocycles. The number of hydrogen-bond acceptors (Lipinski definition) is 5. The first-order chi connectivity index (χ1) is 14.5. The molecule has 1 aromatic rings. The zero-order valence-electron chi connectivity index (χ0n) is 20.8. The Hall–Kier alpha value is -1.28. The van der Waals surface area contributed by atoms with Crippen LogP contribution in [0.2, 0.25) is 28.2 Å². The minimum absolute atomic E-state index is 0.0803. The molecule has 0 unspecified atom stereocenters. The number of nitrogens with zero attached hydrogens (tertiary/aromatic N) is 2. The molecule has 0 spiro atoms. The molecule has 0 aliphatic rings. The Balaban J connectivity index is 3.12. The Kier molecular flexibility index (Phi) is 10.1. The molecule has 182 valence electrons.